The number of carbonyl (C=O) groups is 1. The number of carboxylic acids is 1. The maximum Gasteiger partial charge on any atom is 0.203 e. The monoisotopic (exact) mass is 260 g/mol. The average molecular weight is 260 g/mol. The van der Waals surface area contributed by atoms with E-state index in [2.05, 4.69) is 0 Å². The SMILES string of the molecule is COc1cc(/C=C(\C#N)C(=O)[O-])cc2c1OCCO2. The van der Waals surface area contributed by atoms with Gasteiger partial charge in [0.05, 0.1) is 18.7 Å². The molecule has 0 unspecified atom stereocenters. The zero-order chi connectivity index (χ0) is 13.8. The van der Waals surface area contributed by atoms with Crippen molar-refractivity contribution in [1.82, 2.24) is 0 Å². The van der Waals surface area contributed by atoms with Gasteiger partial charge >= 0.3 is 0 Å². The molecular formula is C13H10NO5-. The van der Waals surface area contributed by atoms with Gasteiger partial charge in [0.25, 0.3) is 0 Å². The van der Waals surface area contributed by atoms with E-state index in [0.29, 0.717) is 36.0 Å². The van der Waals surface area contributed by atoms with Gasteiger partial charge in [0.1, 0.15) is 19.3 Å². The van der Waals surface area contributed by atoms with Gasteiger partial charge in [-0.3, -0.25) is 0 Å². The summed E-state index contributed by atoms with van der Waals surface area (Å²) in [6.45, 7) is 0.815. The van der Waals surface area contributed by atoms with E-state index in [0.717, 1.165) is 0 Å². The number of aliphatic carboxylic acids is 1. The Hall–Kier alpha value is -2.68. The van der Waals surface area contributed by atoms with E-state index in [1.807, 2.05) is 0 Å². The lowest BCUT2D eigenvalue weighted by molar-refractivity contribution is -0.298. The van der Waals surface area contributed by atoms with Crippen LogP contribution in [0.25, 0.3) is 6.08 Å². The summed E-state index contributed by atoms with van der Waals surface area (Å²) in [6.07, 6.45) is 1.19. The molecule has 1 aliphatic heterocycles. The number of nitriles is 1. The average Bonchev–Trinajstić information content (AvgIpc) is 2.43. The van der Waals surface area contributed by atoms with Crippen molar-refractivity contribution in [2.45, 2.75) is 0 Å². The molecule has 1 aromatic rings. The Balaban J connectivity index is 2.48. The molecule has 0 radical (unpaired) electrons. The summed E-state index contributed by atoms with van der Waals surface area (Å²) in [5, 5.41) is 19.4. The van der Waals surface area contributed by atoms with Crippen molar-refractivity contribution >= 4 is 12.0 Å². The topological polar surface area (TPSA) is 91.6 Å². The maximum atomic E-state index is 10.7. The van der Waals surface area contributed by atoms with E-state index >= 15 is 0 Å². The normalized spacial score (nSPS) is 13.6. The van der Waals surface area contributed by atoms with Crippen LogP contribution < -0.4 is 19.3 Å². The van der Waals surface area contributed by atoms with E-state index in [1.54, 1.807) is 18.2 Å². The minimum Gasteiger partial charge on any atom is -0.544 e. The highest BCUT2D eigenvalue weighted by molar-refractivity contribution is 5.95. The Labute approximate surface area is 109 Å². The summed E-state index contributed by atoms with van der Waals surface area (Å²) in [4.78, 5) is 10.7. The lowest BCUT2D eigenvalue weighted by Gasteiger charge is -2.21. The lowest BCUT2D eigenvalue weighted by Crippen LogP contribution is -2.23. The zero-order valence-corrected chi connectivity index (χ0v) is 10.1. The van der Waals surface area contributed by atoms with E-state index in [4.69, 9.17) is 19.5 Å². The Kier molecular flexibility index (Phi) is 3.57. The van der Waals surface area contributed by atoms with Crippen LogP contribution in [0.15, 0.2) is 17.7 Å². The van der Waals surface area contributed by atoms with Crippen LogP contribution in [0, 0.1) is 11.3 Å². The van der Waals surface area contributed by atoms with Crippen molar-refractivity contribution in [3.05, 3.63) is 23.3 Å². The van der Waals surface area contributed by atoms with Crippen LogP contribution in [0.1, 0.15) is 5.56 Å². The molecule has 0 saturated heterocycles. The first-order valence-electron chi connectivity index (χ1n) is 5.46. The van der Waals surface area contributed by atoms with Crippen molar-refractivity contribution < 1.29 is 24.1 Å². The molecule has 1 aromatic carbocycles. The number of nitrogens with zero attached hydrogens (tertiary/aromatic N) is 1. The summed E-state index contributed by atoms with van der Waals surface area (Å²) >= 11 is 0. The van der Waals surface area contributed by atoms with Gasteiger partial charge in [-0.2, -0.15) is 5.26 Å². The molecule has 0 fully saturated rings. The highest BCUT2D eigenvalue weighted by Crippen LogP contribution is 2.40. The van der Waals surface area contributed by atoms with Crippen LogP contribution in [-0.2, 0) is 4.79 Å². The smallest absolute Gasteiger partial charge is 0.203 e. The van der Waals surface area contributed by atoms with Crippen LogP contribution >= 0.6 is 0 Å². The largest absolute Gasteiger partial charge is 0.544 e. The molecule has 0 aliphatic carbocycles. The van der Waals surface area contributed by atoms with Crippen LogP contribution in [0.2, 0.25) is 0 Å². The summed E-state index contributed by atoms with van der Waals surface area (Å²) in [7, 11) is 1.46. The molecule has 19 heavy (non-hydrogen) atoms. The molecule has 0 saturated carbocycles. The summed E-state index contributed by atoms with van der Waals surface area (Å²) in [5.74, 6) is -0.194. The van der Waals surface area contributed by atoms with E-state index < -0.39 is 11.5 Å². The second-order valence-corrected chi connectivity index (χ2v) is 3.70. The minimum absolute atomic E-state index is 0.398. The standard InChI is InChI=1S/C13H11NO5/c1-17-10-5-8(4-9(7-14)13(15)16)6-11-12(10)19-3-2-18-11/h4-6H,2-3H2,1H3,(H,15,16)/p-1/b9-4+. The number of hydrogen-bond donors (Lipinski definition) is 0. The van der Waals surface area contributed by atoms with Crippen LogP contribution in [-0.4, -0.2) is 26.3 Å². The van der Waals surface area contributed by atoms with Gasteiger partial charge in [-0.15, -0.1) is 0 Å². The number of benzene rings is 1. The van der Waals surface area contributed by atoms with E-state index in [9.17, 15) is 9.90 Å². The predicted molar refractivity (Wildman–Crippen MR) is 62.6 cm³/mol. The Morgan fingerprint density at radius 3 is 2.84 bits per heavy atom. The molecule has 0 aromatic heterocycles. The Morgan fingerprint density at radius 1 is 1.47 bits per heavy atom. The van der Waals surface area contributed by atoms with Crippen molar-refractivity contribution in [3.8, 4) is 23.3 Å². The van der Waals surface area contributed by atoms with Gasteiger partial charge in [0, 0.05) is 0 Å². The Bertz CT molecular complexity index is 568. The zero-order valence-electron chi connectivity index (χ0n) is 10.1. The number of methoxy groups -OCH3 is 1. The minimum atomic E-state index is -1.53. The molecule has 0 N–H and O–H groups in total. The molecule has 0 bridgehead atoms. The van der Waals surface area contributed by atoms with Crippen molar-refractivity contribution in [2.75, 3.05) is 20.3 Å². The second-order valence-electron chi connectivity index (χ2n) is 3.70. The first-order chi connectivity index (χ1) is 9.15. The number of carboxylic acid groups (broad SMARTS) is 1. The molecule has 6 nitrogen and oxygen atoms in total. The number of ether oxygens (including phenoxy) is 3. The first-order valence-corrected chi connectivity index (χ1v) is 5.46. The van der Waals surface area contributed by atoms with Crippen LogP contribution in [0.3, 0.4) is 0 Å². The fraction of sp³-hybridized carbons (Fsp3) is 0.231. The molecule has 1 heterocycles. The molecule has 0 amide bonds. The van der Waals surface area contributed by atoms with Gasteiger partial charge in [-0.25, -0.2) is 0 Å². The molecule has 2 rings (SSSR count). The van der Waals surface area contributed by atoms with Gasteiger partial charge in [-0.05, 0) is 23.8 Å². The number of hydrogen-bond acceptors (Lipinski definition) is 6. The highest BCUT2D eigenvalue weighted by Gasteiger charge is 2.18. The summed E-state index contributed by atoms with van der Waals surface area (Å²) < 4.78 is 16.0. The molecule has 6 heteroatoms. The van der Waals surface area contributed by atoms with Gasteiger partial charge < -0.3 is 24.1 Å². The number of fused-ring (bicyclic) bond motifs is 1. The highest BCUT2D eigenvalue weighted by atomic mass is 16.6. The van der Waals surface area contributed by atoms with Gasteiger partial charge in [0.2, 0.25) is 5.75 Å². The van der Waals surface area contributed by atoms with Crippen molar-refractivity contribution in [1.29, 1.82) is 5.26 Å². The molecule has 1 aliphatic rings. The summed E-state index contributed by atoms with van der Waals surface area (Å²) in [6, 6.07) is 4.70. The van der Waals surface area contributed by atoms with E-state index in [1.165, 1.54) is 13.2 Å². The molecular weight excluding hydrogens is 250 g/mol. The Morgan fingerprint density at radius 2 is 2.21 bits per heavy atom. The predicted octanol–water partition coefficient (Wildman–Crippen LogP) is 0.123. The third-order valence-corrected chi connectivity index (χ3v) is 2.50. The maximum absolute atomic E-state index is 10.7. The summed E-state index contributed by atoms with van der Waals surface area (Å²) in [5.41, 5.74) is -0.0134. The second kappa shape index (κ2) is 5.31. The van der Waals surface area contributed by atoms with Gasteiger partial charge in [-0.1, -0.05) is 0 Å². The molecule has 0 spiro atoms. The van der Waals surface area contributed by atoms with Crippen LogP contribution in [0.4, 0.5) is 0 Å². The quantitative estimate of drug-likeness (QED) is 0.566. The third-order valence-electron chi connectivity index (χ3n) is 2.50. The van der Waals surface area contributed by atoms with Crippen molar-refractivity contribution in [2.24, 2.45) is 0 Å². The number of carbonyl (C=O) groups excluding carboxylic acids is 1. The molecule has 98 valence electrons. The van der Waals surface area contributed by atoms with Crippen LogP contribution in [0.5, 0.6) is 17.2 Å². The van der Waals surface area contributed by atoms with Crippen molar-refractivity contribution in [3.63, 3.8) is 0 Å². The fourth-order valence-corrected chi connectivity index (χ4v) is 1.68. The molecule has 0 atom stereocenters. The lowest BCUT2D eigenvalue weighted by atomic mass is 10.1. The fourth-order valence-electron chi connectivity index (χ4n) is 1.68. The first kappa shape index (κ1) is 12.8. The third kappa shape index (κ3) is 2.60. The van der Waals surface area contributed by atoms with Gasteiger partial charge in [0.15, 0.2) is 11.5 Å². The van der Waals surface area contributed by atoms with E-state index in [-0.39, 0.29) is 0 Å². The number of rotatable bonds is 3.